The first-order valence-electron chi connectivity index (χ1n) is 12.1. The summed E-state index contributed by atoms with van der Waals surface area (Å²) < 4.78 is 27.6. The maximum absolute atomic E-state index is 13.8. The Morgan fingerprint density at radius 2 is 1.94 bits per heavy atom. The predicted octanol–water partition coefficient (Wildman–Crippen LogP) is 4.29. The Balaban J connectivity index is 1.50. The Morgan fingerprint density at radius 1 is 1.14 bits per heavy atom. The van der Waals surface area contributed by atoms with Gasteiger partial charge >= 0.3 is 0 Å². The highest BCUT2D eigenvalue weighted by Gasteiger charge is 2.26. The van der Waals surface area contributed by atoms with Crippen LogP contribution in [0.3, 0.4) is 0 Å². The minimum atomic E-state index is -0.985. The Bertz CT molecular complexity index is 1140. The van der Waals surface area contributed by atoms with Crippen LogP contribution in [0, 0.1) is 11.6 Å². The van der Waals surface area contributed by atoms with Crippen molar-refractivity contribution in [2.45, 2.75) is 57.2 Å². The number of benzene rings is 2. The Morgan fingerprint density at radius 3 is 2.66 bits per heavy atom. The molecule has 184 valence electrons. The maximum atomic E-state index is 13.8. The van der Waals surface area contributed by atoms with Crippen molar-refractivity contribution >= 4 is 5.91 Å². The van der Waals surface area contributed by atoms with Gasteiger partial charge in [0.05, 0.1) is 17.7 Å². The number of amides is 1. The average Bonchev–Trinajstić information content (AvgIpc) is 2.86. The number of aromatic nitrogens is 1. The van der Waals surface area contributed by atoms with Crippen molar-refractivity contribution in [3.8, 4) is 0 Å². The first-order valence-corrected chi connectivity index (χ1v) is 12.1. The van der Waals surface area contributed by atoms with Crippen LogP contribution in [0.5, 0.6) is 0 Å². The molecule has 3 aromatic rings. The van der Waals surface area contributed by atoms with Gasteiger partial charge in [0, 0.05) is 31.0 Å². The average molecular weight is 480 g/mol. The molecule has 35 heavy (non-hydrogen) atoms. The molecule has 0 spiro atoms. The van der Waals surface area contributed by atoms with Crippen molar-refractivity contribution in [2.24, 2.45) is 0 Å². The second-order valence-corrected chi connectivity index (χ2v) is 9.11. The van der Waals surface area contributed by atoms with Crippen molar-refractivity contribution in [1.82, 2.24) is 15.6 Å². The second kappa shape index (κ2) is 11.5. The van der Waals surface area contributed by atoms with Gasteiger partial charge in [0.25, 0.3) is 5.91 Å². The second-order valence-electron chi connectivity index (χ2n) is 9.11. The lowest BCUT2D eigenvalue weighted by atomic mass is 9.86. The Labute approximate surface area is 204 Å². The molecule has 1 heterocycles. The van der Waals surface area contributed by atoms with Crippen LogP contribution in [-0.4, -0.2) is 34.7 Å². The molecule has 5 nitrogen and oxygen atoms in total. The van der Waals surface area contributed by atoms with Gasteiger partial charge in [-0.15, -0.1) is 0 Å². The molecule has 1 aliphatic rings. The predicted molar refractivity (Wildman–Crippen MR) is 131 cm³/mol. The number of carbonyl (C=O) groups is 1. The molecule has 1 aromatic heterocycles. The van der Waals surface area contributed by atoms with E-state index in [0.717, 1.165) is 31.7 Å². The van der Waals surface area contributed by atoms with E-state index in [0.29, 0.717) is 11.1 Å². The summed E-state index contributed by atoms with van der Waals surface area (Å²) in [4.78, 5) is 16.8. The number of carbonyl (C=O) groups excluding carboxylic acids is 1. The van der Waals surface area contributed by atoms with Crippen molar-refractivity contribution in [2.75, 3.05) is 6.54 Å². The largest absolute Gasteiger partial charge is 0.390 e. The molecule has 0 fully saturated rings. The van der Waals surface area contributed by atoms with Crippen molar-refractivity contribution in [1.29, 1.82) is 0 Å². The summed E-state index contributed by atoms with van der Waals surface area (Å²) >= 11 is 0. The summed E-state index contributed by atoms with van der Waals surface area (Å²) in [7, 11) is 0. The van der Waals surface area contributed by atoms with E-state index in [1.54, 1.807) is 18.3 Å². The summed E-state index contributed by atoms with van der Waals surface area (Å²) in [5.74, 6) is -1.80. The van der Waals surface area contributed by atoms with E-state index in [1.165, 1.54) is 35.0 Å². The molecule has 0 bridgehead atoms. The van der Waals surface area contributed by atoms with Crippen LogP contribution in [0.15, 0.2) is 60.9 Å². The van der Waals surface area contributed by atoms with Gasteiger partial charge in [0.15, 0.2) is 0 Å². The van der Waals surface area contributed by atoms with Crippen molar-refractivity contribution in [3.63, 3.8) is 0 Å². The number of fused-ring (bicyclic) bond motifs is 1. The third-order valence-electron chi connectivity index (χ3n) is 6.59. The van der Waals surface area contributed by atoms with E-state index >= 15 is 0 Å². The number of hydrogen-bond donors (Lipinski definition) is 3. The maximum Gasteiger partial charge on any atom is 0.253 e. The number of aliphatic hydroxyl groups is 1. The molecule has 2 aromatic carbocycles. The smallest absolute Gasteiger partial charge is 0.253 e. The fourth-order valence-corrected chi connectivity index (χ4v) is 4.70. The lowest BCUT2D eigenvalue weighted by Gasteiger charge is -2.30. The van der Waals surface area contributed by atoms with Crippen LogP contribution in [-0.2, 0) is 19.3 Å². The number of nitrogens with one attached hydrogen (secondary N) is 2. The minimum absolute atomic E-state index is 0.0742. The number of pyridine rings is 1. The van der Waals surface area contributed by atoms with Crippen molar-refractivity contribution < 1.29 is 18.7 Å². The molecule has 1 aliphatic carbocycles. The highest BCUT2D eigenvalue weighted by molar-refractivity contribution is 5.94. The molecule has 1 amide bonds. The van der Waals surface area contributed by atoms with E-state index in [9.17, 15) is 18.7 Å². The Kier molecular flexibility index (Phi) is 8.21. The standard InChI is InChI=1S/C28H31F2N3O2/c1-2-18-8-9-20-5-3-7-25(24(20)13-18)32-17-27(34)26(14-19-11-22(29)15-23(30)12-19)33-28(35)21-6-4-10-31-16-21/h4,6,8-13,15-16,25-27,32,34H,2-3,5,7,14,17H2,1H3,(H,33,35)/t25-,26-,27+/m0/s1. The van der Waals surface area contributed by atoms with Gasteiger partial charge in [-0.05, 0) is 78.6 Å². The van der Waals surface area contributed by atoms with Crippen LogP contribution in [0.1, 0.15) is 58.4 Å². The molecule has 0 saturated carbocycles. The van der Waals surface area contributed by atoms with Gasteiger partial charge in [0.2, 0.25) is 0 Å². The molecule has 7 heteroatoms. The molecule has 3 atom stereocenters. The fraction of sp³-hybridized carbons (Fsp3) is 0.357. The van der Waals surface area contributed by atoms with E-state index in [2.05, 4.69) is 40.7 Å². The highest BCUT2D eigenvalue weighted by Crippen LogP contribution is 2.30. The van der Waals surface area contributed by atoms with E-state index < -0.39 is 29.7 Å². The normalized spacial score (nSPS) is 16.9. The molecule has 0 radical (unpaired) electrons. The fourth-order valence-electron chi connectivity index (χ4n) is 4.70. The van der Waals surface area contributed by atoms with Crippen LogP contribution < -0.4 is 10.6 Å². The summed E-state index contributed by atoms with van der Waals surface area (Å²) in [6.07, 6.45) is 6.08. The van der Waals surface area contributed by atoms with Gasteiger partial charge in [-0.3, -0.25) is 9.78 Å². The number of halogens is 2. The molecule has 3 N–H and O–H groups in total. The van der Waals surface area contributed by atoms with Crippen molar-refractivity contribution in [3.05, 3.63) is 100 Å². The van der Waals surface area contributed by atoms with E-state index in [4.69, 9.17) is 0 Å². The molecule has 0 saturated heterocycles. The van der Waals surface area contributed by atoms with E-state index in [-0.39, 0.29) is 19.0 Å². The highest BCUT2D eigenvalue weighted by atomic mass is 19.1. The lowest BCUT2D eigenvalue weighted by molar-refractivity contribution is 0.0822. The monoisotopic (exact) mass is 479 g/mol. The number of nitrogens with zero attached hydrogens (tertiary/aromatic N) is 1. The van der Waals surface area contributed by atoms with E-state index in [1.807, 2.05) is 0 Å². The third kappa shape index (κ3) is 6.50. The summed E-state index contributed by atoms with van der Waals surface area (Å²) in [5, 5.41) is 17.4. The van der Waals surface area contributed by atoms with Gasteiger partial charge in [0.1, 0.15) is 11.6 Å². The molecule has 4 rings (SSSR count). The molecular weight excluding hydrogens is 448 g/mol. The van der Waals surface area contributed by atoms with Gasteiger partial charge < -0.3 is 15.7 Å². The molecule has 0 aliphatic heterocycles. The summed E-state index contributed by atoms with van der Waals surface area (Å²) in [6.45, 7) is 2.35. The summed E-state index contributed by atoms with van der Waals surface area (Å²) in [6, 6.07) is 12.4. The number of aliphatic hydroxyl groups excluding tert-OH is 1. The number of hydrogen-bond acceptors (Lipinski definition) is 4. The quantitative estimate of drug-likeness (QED) is 0.428. The molecular formula is C28H31F2N3O2. The van der Waals surface area contributed by atoms with Gasteiger partial charge in [-0.1, -0.05) is 25.1 Å². The van der Waals surface area contributed by atoms with Gasteiger partial charge in [-0.25, -0.2) is 8.78 Å². The third-order valence-corrected chi connectivity index (χ3v) is 6.59. The van der Waals surface area contributed by atoms with Crippen LogP contribution in [0.4, 0.5) is 8.78 Å². The first-order chi connectivity index (χ1) is 16.9. The number of aryl methyl sites for hydroxylation is 2. The van der Waals surface area contributed by atoms with Crippen LogP contribution in [0.2, 0.25) is 0 Å². The minimum Gasteiger partial charge on any atom is -0.390 e. The molecule has 0 unspecified atom stereocenters. The SMILES string of the molecule is CCc1ccc2c(c1)[C@@H](NC[C@@H](O)[C@H](Cc1cc(F)cc(F)c1)NC(=O)c1cccnc1)CCC2. The Hall–Kier alpha value is -3.16. The van der Waals surface area contributed by atoms with Crippen LogP contribution in [0.25, 0.3) is 0 Å². The zero-order valence-corrected chi connectivity index (χ0v) is 19.8. The zero-order valence-electron chi connectivity index (χ0n) is 19.8. The number of rotatable bonds is 9. The van der Waals surface area contributed by atoms with Crippen LogP contribution >= 0.6 is 0 Å². The topological polar surface area (TPSA) is 74.2 Å². The summed E-state index contributed by atoms with van der Waals surface area (Å²) in [5.41, 5.74) is 4.54. The lowest BCUT2D eigenvalue weighted by Crippen LogP contribution is -2.49. The van der Waals surface area contributed by atoms with Gasteiger partial charge in [-0.2, -0.15) is 0 Å². The zero-order chi connectivity index (χ0) is 24.8. The first kappa shape index (κ1) is 24.9.